The maximum atomic E-state index is 12.8. The van der Waals surface area contributed by atoms with Crippen LogP contribution in [0.2, 0.25) is 0 Å². The zero-order valence-electron chi connectivity index (χ0n) is 23.1. The Morgan fingerprint density at radius 3 is 2.08 bits per heavy atom. The summed E-state index contributed by atoms with van der Waals surface area (Å²) in [5, 5.41) is 51.3. The smallest absolute Gasteiger partial charge is 0.252 e. The Balaban J connectivity index is 1.87. The third kappa shape index (κ3) is 6.81. The topological polar surface area (TPSA) is 177 Å². The van der Waals surface area contributed by atoms with E-state index in [9.17, 15) is 34.8 Å². The largest absolute Gasteiger partial charge is 0.384 e. The fourth-order valence-corrected chi connectivity index (χ4v) is 5.28. The van der Waals surface area contributed by atoms with Crippen molar-refractivity contribution >= 4 is 17.7 Å². The molecule has 1 saturated heterocycles. The maximum Gasteiger partial charge on any atom is 0.252 e. The number of rotatable bonds is 10. The lowest BCUT2D eigenvalue weighted by atomic mass is 9.65. The molecule has 0 bridgehead atoms. The average Bonchev–Trinajstić information content (AvgIpc) is 2.80. The number of amides is 3. The van der Waals surface area contributed by atoms with Gasteiger partial charge in [0.2, 0.25) is 11.8 Å². The molecule has 3 unspecified atom stereocenters. The van der Waals surface area contributed by atoms with Gasteiger partial charge in [-0.25, -0.2) is 0 Å². The van der Waals surface area contributed by atoms with Gasteiger partial charge in [0.25, 0.3) is 5.91 Å². The summed E-state index contributed by atoms with van der Waals surface area (Å²) in [6.07, 6.45) is 4.92. The molecule has 3 amide bonds. The molecule has 0 aromatic rings. The van der Waals surface area contributed by atoms with E-state index in [0.717, 1.165) is 59.8 Å². The van der Waals surface area contributed by atoms with Crippen LogP contribution in [0.25, 0.3) is 0 Å². The lowest BCUT2D eigenvalue weighted by Gasteiger charge is -2.59. The van der Waals surface area contributed by atoms with E-state index in [4.69, 9.17) is 4.74 Å². The summed E-state index contributed by atoms with van der Waals surface area (Å²) in [4.78, 5) is 37.3. The molecule has 1 saturated carbocycles. The van der Waals surface area contributed by atoms with Crippen molar-refractivity contribution in [3.8, 4) is 0 Å². The number of hydrogen-bond donors (Lipinski definition) is 7. The van der Waals surface area contributed by atoms with Gasteiger partial charge in [-0.05, 0) is 78.6 Å². The molecule has 2 fully saturated rings. The van der Waals surface area contributed by atoms with Gasteiger partial charge in [0, 0.05) is 19.5 Å². The second-order valence-corrected chi connectivity index (χ2v) is 11.4. The predicted octanol–water partition coefficient (Wildman–Crippen LogP) is 0.223. The molecule has 0 spiro atoms. The predicted molar refractivity (Wildman–Crippen MR) is 136 cm³/mol. The first kappa shape index (κ1) is 31.4. The molecule has 1 aliphatic heterocycles. The number of aliphatic hydroxyl groups is 4. The first-order chi connectivity index (χ1) is 17.0. The van der Waals surface area contributed by atoms with Crippen molar-refractivity contribution in [1.29, 1.82) is 0 Å². The maximum absolute atomic E-state index is 12.8. The van der Waals surface area contributed by atoms with E-state index in [-0.39, 0.29) is 24.4 Å². The molecule has 7 N–H and O–H groups in total. The van der Waals surface area contributed by atoms with Crippen LogP contribution in [0.3, 0.4) is 0 Å². The highest BCUT2D eigenvalue weighted by atomic mass is 16.7. The summed E-state index contributed by atoms with van der Waals surface area (Å²) in [5.41, 5.74) is -6.76. The van der Waals surface area contributed by atoms with Gasteiger partial charge in [-0.3, -0.25) is 14.4 Å². The lowest BCUT2D eigenvalue weighted by Crippen LogP contribution is -2.82. The van der Waals surface area contributed by atoms with Gasteiger partial charge in [-0.15, -0.1) is 0 Å². The normalized spacial score (nSPS) is 38.9. The standard InChI is InChI=1S/C26H47N3O8/c1-7-17-11-13-18(14-12-17)29-21(31)19(28-16(2)30)10-8-9-15-27-22(32)20-23(3,33)24(4,34)25(5,35)26(6,36)37-20/h17-20,33-36H,7-15H2,1-6H3,(H,27,32)(H,28,30)(H,29,31)/t17?,18?,19?,20?,23-,24-,25?,26-/m1/s1. The van der Waals surface area contributed by atoms with Crippen LogP contribution in [0.4, 0.5) is 0 Å². The summed E-state index contributed by atoms with van der Waals surface area (Å²) in [6.45, 7) is 8.24. The van der Waals surface area contributed by atoms with E-state index in [1.165, 1.54) is 6.92 Å². The van der Waals surface area contributed by atoms with E-state index in [0.29, 0.717) is 25.2 Å². The number of hydrogen-bond acceptors (Lipinski definition) is 8. The van der Waals surface area contributed by atoms with Gasteiger partial charge in [-0.1, -0.05) is 13.3 Å². The minimum atomic E-state index is -2.31. The van der Waals surface area contributed by atoms with Crippen molar-refractivity contribution in [3.63, 3.8) is 0 Å². The third-order valence-corrected chi connectivity index (χ3v) is 8.62. The number of carbonyl (C=O) groups is 3. The minimum absolute atomic E-state index is 0.115. The van der Waals surface area contributed by atoms with Gasteiger partial charge in [-0.2, -0.15) is 0 Å². The Hall–Kier alpha value is -1.79. The van der Waals surface area contributed by atoms with Crippen LogP contribution < -0.4 is 16.0 Å². The van der Waals surface area contributed by atoms with Crippen LogP contribution in [0.1, 0.15) is 92.9 Å². The highest BCUT2D eigenvalue weighted by Crippen LogP contribution is 2.48. The van der Waals surface area contributed by atoms with Crippen LogP contribution in [0.5, 0.6) is 0 Å². The lowest BCUT2D eigenvalue weighted by molar-refractivity contribution is -0.414. The minimum Gasteiger partial charge on any atom is -0.384 e. The fourth-order valence-electron chi connectivity index (χ4n) is 5.28. The molecular weight excluding hydrogens is 482 g/mol. The first-order valence-corrected chi connectivity index (χ1v) is 13.4. The van der Waals surface area contributed by atoms with Gasteiger partial charge in [0.05, 0.1) is 0 Å². The van der Waals surface area contributed by atoms with Crippen LogP contribution in [-0.2, 0) is 19.1 Å². The Bertz CT molecular complexity index is 819. The highest BCUT2D eigenvalue weighted by Gasteiger charge is 2.71. The zero-order valence-corrected chi connectivity index (χ0v) is 23.1. The summed E-state index contributed by atoms with van der Waals surface area (Å²) in [6, 6.07) is -0.559. The summed E-state index contributed by atoms with van der Waals surface area (Å²) in [7, 11) is 0. The number of carbonyl (C=O) groups excluding carboxylic acids is 3. The third-order valence-electron chi connectivity index (χ3n) is 8.62. The van der Waals surface area contributed by atoms with E-state index >= 15 is 0 Å². The van der Waals surface area contributed by atoms with Crippen molar-refractivity contribution in [2.75, 3.05) is 6.54 Å². The van der Waals surface area contributed by atoms with Crippen molar-refractivity contribution in [3.05, 3.63) is 0 Å². The number of ether oxygens (including phenoxy) is 1. The first-order valence-electron chi connectivity index (χ1n) is 13.4. The molecule has 214 valence electrons. The molecule has 0 aromatic carbocycles. The molecular formula is C26H47N3O8. The Kier molecular flexibility index (Phi) is 10.1. The van der Waals surface area contributed by atoms with Gasteiger partial charge >= 0.3 is 0 Å². The van der Waals surface area contributed by atoms with Crippen LogP contribution in [0.15, 0.2) is 0 Å². The molecule has 2 aliphatic rings. The molecule has 1 heterocycles. The Labute approximate surface area is 219 Å². The second kappa shape index (κ2) is 11.9. The highest BCUT2D eigenvalue weighted by molar-refractivity contribution is 5.87. The molecule has 6 atom stereocenters. The number of nitrogens with one attached hydrogen (secondary N) is 3. The molecule has 11 heteroatoms. The summed E-state index contributed by atoms with van der Waals surface area (Å²) >= 11 is 0. The van der Waals surface area contributed by atoms with E-state index in [1.54, 1.807) is 0 Å². The fraction of sp³-hybridized carbons (Fsp3) is 0.885. The molecule has 0 aromatic heterocycles. The molecule has 1 aliphatic carbocycles. The second-order valence-electron chi connectivity index (χ2n) is 11.4. The summed E-state index contributed by atoms with van der Waals surface area (Å²) < 4.78 is 5.34. The van der Waals surface area contributed by atoms with Crippen molar-refractivity contribution in [2.45, 2.75) is 134 Å². The SMILES string of the molecule is CCC1CCC(NC(=O)C(CCCCNC(=O)C2O[C@@](C)(O)C(C)(O)[C@](C)(O)[C@]2(C)O)NC(C)=O)CC1. The van der Waals surface area contributed by atoms with Crippen molar-refractivity contribution < 1.29 is 39.5 Å². The van der Waals surface area contributed by atoms with Crippen molar-refractivity contribution in [1.82, 2.24) is 16.0 Å². The zero-order chi connectivity index (χ0) is 28.2. The van der Waals surface area contributed by atoms with Crippen LogP contribution >= 0.6 is 0 Å². The molecule has 2 rings (SSSR count). The van der Waals surface area contributed by atoms with Gasteiger partial charge in [0.15, 0.2) is 11.9 Å². The summed E-state index contributed by atoms with van der Waals surface area (Å²) in [5.74, 6) is -2.87. The van der Waals surface area contributed by atoms with E-state index in [1.807, 2.05) is 0 Å². The quantitative estimate of drug-likeness (QED) is 0.197. The van der Waals surface area contributed by atoms with E-state index < -0.39 is 40.6 Å². The Morgan fingerprint density at radius 1 is 0.946 bits per heavy atom. The Morgan fingerprint density at radius 2 is 1.54 bits per heavy atom. The van der Waals surface area contributed by atoms with Gasteiger partial charge in [0.1, 0.15) is 22.8 Å². The number of unbranched alkanes of at least 4 members (excludes halogenated alkanes) is 1. The van der Waals surface area contributed by atoms with E-state index in [2.05, 4.69) is 22.9 Å². The monoisotopic (exact) mass is 529 g/mol. The molecule has 0 radical (unpaired) electrons. The molecule has 11 nitrogen and oxygen atoms in total. The van der Waals surface area contributed by atoms with Crippen LogP contribution in [-0.4, -0.2) is 85.5 Å². The van der Waals surface area contributed by atoms with Crippen molar-refractivity contribution in [2.24, 2.45) is 5.92 Å². The van der Waals surface area contributed by atoms with Gasteiger partial charge < -0.3 is 41.1 Å². The average molecular weight is 530 g/mol. The molecule has 37 heavy (non-hydrogen) atoms. The van der Waals surface area contributed by atoms with Crippen LogP contribution in [0, 0.1) is 5.92 Å².